The molecule has 0 saturated carbocycles. The molecule has 0 fully saturated rings. The Bertz CT molecular complexity index is 1160. The van der Waals surface area contributed by atoms with E-state index in [9.17, 15) is 9.59 Å². The van der Waals surface area contributed by atoms with E-state index in [2.05, 4.69) is 5.32 Å². The van der Waals surface area contributed by atoms with Crippen molar-refractivity contribution in [1.82, 2.24) is 10.2 Å². The molecule has 0 saturated heterocycles. The molecular weight excluding hydrogens is 408 g/mol. The summed E-state index contributed by atoms with van der Waals surface area (Å²) in [6.07, 6.45) is 0. The zero-order valence-corrected chi connectivity index (χ0v) is 19.5. The second-order valence-corrected chi connectivity index (χ2v) is 8.95. The van der Waals surface area contributed by atoms with Crippen LogP contribution in [0.1, 0.15) is 60.8 Å². The van der Waals surface area contributed by atoms with E-state index in [4.69, 9.17) is 14.2 Å². The van der Waals surface area contributed by atoms with Crippen LogP contribution in [0, 0.1) is 0 Å². The van der Waals surface area contributed by atoms with Crippen LogP contribution >= 0.6 is 0 Å². The van der Waals surface area contributed by atoms with Gasteiger partial charge in [0.25, 0.3) is 5.91 Å². The Morgan fingerprint density at radius 3 is 2.19 bits per heavy atom. The Morgan fingerprint density at radius 2 is 1.62 bits per heavy atom. The highest BCUT2D eigenvalue weighted by molar-refractivity contribution is 6.17. The number of carbonyl (C=O) groups is 2. The summed E-state index contributed by atoms with van der Waals surface area (Å²) in [5.74, 6) is 0.853. The van der Waals surface area contributed by atoms with Gasteiger partial charge in [-0.15, -0.1) is 0 Å². The molecule has 0 bridgehead atoms. The molecule has 2 aliphatic heterocycles. The summed E-state index contributed by atoms with van der Waals surface area (Å²) in [6.45, 7) is 7.66. The normalized spacial score (nSPS) is 16.9. The molecule has 0 unspecified atom stereocenters. The molecule has 7 heteroatoms. The zero-order valence-electron chi connectivity index (χ0n) is 19.5. The lowest BCUT2D eigenvalue weighted by Gasteiger charge is -2.38. The number of nitrogens with one attached hydrogen (secondary N) is 1. The Balaban J connectivity index is 2.08. The first-order valence-electron chi connectivity index (χ1n) is 10.4. The van der Waals surface area contributed by atoms with Gasteiger partial charge in [-0.05, 0) is 51.0 Å². The van der Waals surface area contributed by atoms with Gasteiger partial charge < -0.3 is 19.5 Å². The van der Waals surface area contributed by atoms with Crippen molar-refractivity contribution >= 4 is 23.1 Å². The average Bonchev–Trinajstić information content (AvgIpc) is 3.04. The number of methoxy groups -OCH3 is 3. The molecule has 1 atom stereocenters. The van der Waals surface area contributed by atoms with E-state index in [1.54, 1.807) is 31.3 Å². The predicted octanol–water partition coefficient (Wildman–Crippen LogP) is 4.03. The largest absolute Gasteiger partial charge is 0.493 e. The van der Waals surface area contributed by atoms with Crippen LogP contribution in [0.5, 0.6) is 17.2 Å². The topological polar surface area (TPSA) is 77.1 Å². The summed E-state index contributed by atoms with van der Waals surface area (Å²) >= 11 is 0. The second-order valence-electron chi connectivity index (χ2n) is 8.95. The van der Waals surface area contributed by atoms with Crippen molar-refractivity contribution in [3.8, 4) is 17.2 Å². The van der Waals surface area contributed by atoms with Crippen molar-refractivity contribution in [3.63, 3.8) is 0 Å². The van der Waals surface area contributed by atoms with Crippen molar-refractivity contribution in [2.75, 3.05) is 21.3 Å². The maximum Gasteiger partial charge on any atom is 0.260 e. The standard InChI is InChI=1S/C25H28N2O5/c1-13-18-16(12-17(30-5)21(31-6)22(18)32-7)20(23(28)26-25(2,3)4)27-19(13)14-10-8-9-11-15(14)24(27)29/h8-12,20H,1-7H3,(H,26,28)/t20-/m0/s1. The minimum atomic E-state index is -0.892. The minimum Gasteiger partial charge on any atom is -0.493 e. The summed E-state index contributed by atoms with van der Waals surface area (Å²) in [7, 11) is 4.63. The molecule has 7 nitrogen and oxygen atoms in total. The summed E-state index contributed by atoms with van der Waals surface area (Å²) in [6, 6.07) is 8.29. The number of rotatable bonds is 4. The molecule has 4 rings (SSSR count). The zero-order chi connectivity index (χ0) is 23.4. The molecule has 0 spiro atoms. The van der Waals surface area contributed by atoms with Crippen LogP contribution in [-0.4, -0.2) is 43.6 Å². The quantitative estimate of drug-likeness (QED) is 0.783. The molecule has 0 aromatic heterocycles. The maximum absolute atomic E-state index is 13.6. The molecular formula is C25H28N2O5. The van der Waals surface area contributed by atoms with Crippen LogP contribution in [-0.2, 0) is 4.79 Å². The van der Waals surface area contributed by atoms with E-state index in [0.717, 1.165) is 16.7 Å². The first-order chi connectivity index (χ1) is 15.1. The highest BCUT2D eigenvalue weighted by Crippen LogP contribution is 2.55. The molecule has 2 heterocycles. The van der Waals surface area contributed by atoms with Gasteiger partial charge in [0.15, 0.2) is 11.5 Å². The second kappa shape index (κ2) is 7.58. The Kier molecular flexibility index (Phi) is 5.15. The van der Waals surface area contributed by atoms with Crippen LogP contribution in [0.4, 0.5) is 0 Å². The van der Waals surface area contributed by atoms with Crippen LogP contribution in [0.25, 0.3) is 11.3 Å². The Morgan fingerprint density at radius 1 is 1.00 bits per heavy atom. The van der Waals surface area contributed by atoms with Crippen molar-refractivity contribution in [3.05, 3.63) is 52.6 Å². The smallest absolute Gasteiger partial charge is 0.260 e. The van der Waals surface area contributed by atoms with E-state index in [0.29, 0.717) is 34.1 Å². The highest BCUT2D eigenvalue weighted by Gasteiger charge is 2.47. The van der Waals surface area contributed by atoms with E-state index in [1.165, 1.54) is 7.11 Å². The van der Waals surface area contributed by atoms with E-state index < -0.39 is 11.6 Å². The fraction of sp³-hybridized carbons (Fsp3) is 0.360. The summed E-state index contributed by atoms with van der Waals surface area (Å²) < 4.78 is 16.9. The van der Waals surface area contributed by atoms with Crippen LogP contribution in [0.15, 0.2) is 30.3 Å². The van der Waals surface area contributed by atoms with Gasteiger partial charge in [-0.3, -0.25) is 14.5 Å². The van der Waals surface area contributed by atoms with Crippen LogP contribution in [0.2, 0.25) is 0 Å². The number of allylic oxidation sites excluding steroid dienone is 1. The lowest BCUT2D eigenvalue weighted by molar-refractivity contribution is -0.126. The van der Waals surface area contributed by atoms with Gasteiger partial charge in [0.1, 0.15) is 6.04 Å². The van der Waals surface area contributed by atoms with E-state index in [-0.39, 0.29) is 11.8 Å². The van der Waals surface area contributed by atoms with Gasteiger partial charge in [0.2, 0.25) is 11.7 Å². The number of carbonyl (C=O) groups excluding carboxylic acids is 2. The number of benzene rings is 2. The van der Waals surface area contributed by atoms with E-state index in [1.807, 2.05) is 45.9 Å². The van der Waals surface area contributed by atoms with Gasteiger partial charge in [-0.2, -0.15) is 0 Å². The number of nitrogens with zero attached hydrogens (tertiary/aromatic N) is 1. The molecule has 2 aromatic rings. The molecule has 1 N–H and O–H groups in total. The third-order valence-corrected chi connectivity index (χ3v) is 5.76. The number of fused-ring (bicyclic) bond motifs is 4. The highest BCUT2D eigenvalue weighted by atomic mass is 16.5. The number of hydrogen-bond acceptors (Lipinski definition) is 5. The summed E-state index contributed by atoms with van der Waals surface area (Å²) in [5.41, 5.74) is 3.78. The molecule has 2 amide bonds. The van der Waals surface area contributed by atoms with Crippen LogP contribution < -0.4 is 19.5 Å². The average molecular weight is 437 g/mol. The van der Waals surface area contributed by atoms with Crippen molar-refractivity contribution in [2.45, 2.75) is 39.3 Å². The van der Waals surface area contributed by atoms with Crippen molar-refractivity contribution < 1.29 is 23.8 Å². The first-order valence-corrected chi connectivity index (χ1v) is 10.4. The maximum atomic E-state index is 13.6. The lowest BCUT2D eigenvalue weighted by Crippen LogP contribution is -2.48. The fourth-order valence-electron chi connectivity index (χ4n) is 4.60. The number of hydrogen-bond donors (Lipinski definition) is 1. The molecule has 0 radical (unpaired) electrons. The van der Waals surface area contributed by atoms with E-state index >= 15 is 0 Å². The number of ether oxygens (including phenoxy) is 3. The fourth-order valence-corrected chi connectivity index (χ4v) is 4.60. The molecule has 0 aliphatic carbocycles. The van der Waals surface area contributed by atoms with Gasteiger partial charge in [-0.1, -0.05) is 18.2 Å². The summed E-state index contributed by atoms with van der Waals surface area (Å²) in [5, 5.41) is 3.04. The Labute approximate surface area is 188 Å². The Hall–Kier alpha value is -3.48. The number of amides is 2. The predicted molar refractivity (Wildman–Crippen MR) is 122 cm³/mol. The molecule has 2 aliphatic rings. The monoisotopic (exact) mass is 436 g/mol. The van der Waals surface area contributed by atoms with Crippen molar-refractivity contribution in [2.24, 2.45) is 0 Å². The third kappa shape index (κ3) is 3.11. The SMILES string of the molecule is COc1cc2c(c(OC)c1OC)C(C)=C1c3ccccc3C(=O)N1[C@@H]2C(=O)NC(C)(C)C. The first kappa shape index (κ1) is 21.7. The lowest BCUT2D eigenvalue weighted by atomic mass is 9.86. The minimum absolute atomic E-state index is 0.205. The molecule has 168 valence electrons. The van der Waals surface area contributed by atoms with Crippen LogP contribution in [0.3, 0.4) is 0 Å². The third-order valence-electron chi connectivity index (χ3n) is 5.76. The van der Waals surface area contributed by atoms with Gasteiger partial charge in [-0.25, -0.2) is 0 Å². The molecule has 32 heavy (non-hydrogen) atoms. The molecule has 2 aromatic carbocycles. The van der Waals surface area contributed by atoms with Gasteiger partial charge in [0, 0.05) is 22.2 Å². The van der Waals surface area contributed by atoms with Gasteiger partial charge in [0.05, 0.1) is 27.0 Å². The van der Waals surface area contributed by atoms with Gasteiger partial charge >= 0.3 is 0 Å². The van der Waals surface area contributed by atoms with Crippen molar-refractivity contribution in [1.29, 1.82) is 0 Å². The summed E-state index contributed by atoms with van der Waals surface area (Å²) in [4.78, 5) is 28.8.